The maximum Gasteiger partial charge on any atom is 0.338 e. The fourth-order valence-electron chi connectivity index (χ4n) is 2.59. The first-order chi connectivity index (χ1) is 6.18. The molecule has 3 rings (SSSR count). The van der Waals surface area contributed by atoms with Crippen LogP contribution < -0.4 is 0 Å². The van der Waals surface area contributed by atoms with E-state index in [1.807, 2.05) is 6.92 Å². The van der Waals surface area contributed by atoms with Gasteiger partial charge in [0.25, 0.3) is 0 Å². The van der Waals surface area contributed by atoms with Crippen molar-refractivity contribution in [3.63, 3.8) is 0 Å². The van der Waals surface area contributed by atoms with Crippen LogP contribution in [-0.4, -0.2) is 30.6 Å². The van der Waals surface area contributed by atoms with E-state index in [-0.39, 0.29) is 24.1 Å². The highest BCUT2D eigenvalue weighted by Crippen LogP contribution is 2.44. The van der Waals surface area contributed by atoms with Crippen molar-refractivity contribution in [2.45, 2.75) is 38.4 Å². The Bertz CT molecular complexity index is 264. The molecule has 3 saturated heterocycles. The molecule has 0 spiro atoms. The quantitative estimate of drug-likeness (QED) is 0.508. The standard InChI is InChI=1S/C9H12O4/c1-3-5-4(2)7-9(12-5)13-8(10)6(3)11-7/h3-7,9H,1-2H3/t3-,4?,5?,6?,7+,9?/m0/s1. The van der Waals surface area contributed by atoms with Crippen molar-refractivity contribution in [1.82, 2.24) is 0 Å². The van der Waals surface area contributed by atoms with E-state index >= 15 is 0 Å². The first-order valence-electron chi connectivity index (χ1n) is 4.70. The third kappa shape index (κ3) is 0.802. The van der Waals surface area contributed by atoms with Crippen molar-refractivity contribution in [1.29, 1.82) is 0 Å². The number of ether oxygens (including phenoxy) is 3. The third-order valence-corrected chi connectivity index (χ3v) is 3.36. The van der Waals surface area contributed by atoms with Gasteiger partial charge in [0.15, 0.2) is 6.10 Å². The fourth-order valence-corrected chi connectivity index (χ4v) is 2.59. The molecule has 0 aromatic rings. The number of fused-ring (bicyclic) bond motifs is 2. The molecular formula is C9H12O4. The van der Waals surface area contributed by atoms with Gasteiger partial charge in [0.1, 0.15) is 6.10 Å². The monoisotopic (exact) mass is 184 g/mol. The zero-order valence-electron chi connectivity index (χ0n) is 7.60. The van der Waals surface area contributed by atoms with Gasteiger partial charge in [-0.05, 0) is 0 Å². The van der Waals surface area contributed by atoms with E-state index in [4.69, 9.17) is 14.2 Å². The van der Waals surface area contributed by atoms with Crippen LogP contribution in [0.4, 0.5) is 0 Å². The molecule has 0 N–H and O–H groups in total. The molecule has 0 aromatic heterocycles. The molecule has 13 heavy (non-hydrogen) atoms. The second kappa shape index (κ2) is 2.25. The number of esters is 1. The van der Waals surface area contributed by atoms with Gasteiger partial charge in [-0.3, -0.25) is 0 Å². The van der Waals surface area contributed by atoms with Crippen LogP contribution in [0.3, 0.4) is 0 Å². The molecule has 3 aliphatic rings. The van der Waals surface area contributed by atoms with Gasteiger partial charge in [-0.25, -0.2) is 4.79 Å². The Morgan fingerprint density at radius 3 is 2.62 bits per heavy atom. The van der Waals surface area contributed by atoms with Gasteiger partial charge in [-0.15, -0.1) is 0 Å². The average Bonchev–Trinajstić information content (AvgIpc) is 2.25. The lowest BCUT2D eigenvalue weighted by molar-refractivity contribution is -0.225. The van der Waals surface area contributed by atoms with Gasteiger partial charge in [-0.1, -0.05) is 13.8 Å². The van der Waals surface area contributed by atoms with Crippen molar-refractivity contribution >= 4 is 5.97 Å². The average molecular weight is 184 g/mol. The van der Waals surface area contributed by atoms with E-state index in [1.54, 1.807) is 0 Å². The molecule has 3 bridgehead atoms. The van der Waals surface area contributed by atoms with Gasteiger partial charge >= 0.3 is 5.97 Å². The normalized spacial score (nSPS) is 58.2. The predicted octanol–water partition coefficient (Wildman–Crippen LogP) is 0.308. The van der Waals surface area contributed by atoms with E-state index in [0.717, 1.165) is 0 Å². The Morgan fingerprint density at radius 1 is 1.08 bits per heavy atom. The Kier molecular flexibility index (Phi) is 1.34. The summed E-state index contributed by atoms with van der Waals surface area (Å²) in [6.07, 6.45) is -0.761. The van der Waals surface area contributed by atoms with Crippen molar-refractivity contribution in [2.24, 2.45) is 11.8 Å². The lowest BCUT2D eigenvalue weighted by atomic mass is 9.84. The molecule has 72 valence electrons. The zero-order valence-corrected chi connectivity index (χ0v) is 7.60. The summed E-state index contributed by atoms with van der Waals surface area (Å²) >= 11 is 0. The fraction of sp³-hybridized carbons (Fsp3) is 0.889. The molecule has 0 amide bonds. The maximum atomic E-state index is 11.3. The molecule has 0 saturated carbocycles. The van der Waals surface area contributed by atoms with Crippen LogP contribution in [0.15, 0.2) is 0 Å². The zero-order chi connectivity index (χ0) is 9.16. The molecule has 0 radical (unpaired) electrons. The Morgan fingerprint density at radius 2 is 1.85 bits per heavy atom. The maximum absolute atomic E-state index is 11.3. The highest BCUT2D eigenvalue weighted by atomic mass is 16.8. The summed E-state index contributed by atoms with van der Waals surface area (Å²) in [7, 11) is 0. The number of carbonyl (C=O) groups is 1. The van der Waals surface area contributed by atoms with E-state index in [2.05, 4.69) is 6.92 Å². The van der Waals surface area contributed by atoms with Crippen LogP contribution in [-0.2, 0) is 19.0 Å². The van der Waals surface area contributed by atoms with Crippen molar-refractivity contribution in [3.05, 3.63) is 0 Å². The van der Waals surface area contributed by atoms with Gasteiger partial charge in [-0.2, -0.15) is 0 Å². The molecule has 3 heterocycles. The largest absolute Gasteiger partial charge is 0.431 e. The summed E-state index contributed by atoms with van der Waals surface area (Å²) in [5.41, 5.74) is 0. The Labute approximate surface area is 76.1 Å². The smallest absolute Gasteiger partial charge is 0.338 e. The van der Waals surface area contributed by atoms with Gasteiger partial charge in [0, 0.05) is 11.8 Å². The van der Waals surface area contributed by atoms with Crippen LogP contribution in [0.2, 0.25) is 0 Å². The molecule has 3 aliphatic heterocycles. The van der Waals surface area contributed by atoms with Crippen LogP contribution in [0, 0.1) is 11.8 Å². The van der Waals surface area contributed by atoms with E-state index in [9.17, 15) is 4.79 Å². The third-order valence-electron chi connectivity index (χ3n) is 3.36. The molecule has 4 heteroatoms. The van der Waals surface area contributed by atoms with E-state index in [1.165, 1.54) is 0 Å². The summed E-state index contributed by atoms with van der Waals surface area (Å²) in [4.78, 5) is 11.3. The minimum Gasteiger partial charge on any atom is -0.431 e. The molecule has 0 aliphatic carbocycles. The van der Waals surface area contributed by atoms with Gasteiger partial charge in [0.2, 0.25) is 6.29 Å². The second-order valence-electron chi connectivity index (χ2n) is 4.15. The molecule has 0 aromatic carbocycles. The van der Waals surface area contributed by atoms with E-state index in [0.29, 0.717) is 5.92 Å². The van der Waals surface area contributed by atoms with Gasteiger partial charge in [0.05, 0.1) is 6.10 Å². The van der Waals surface area contributed by atoms with Crippen LogP contribution in [0.25, 0.3) is 0 Å². The Hall–Kier alpha value is -0.610. The molecule has 4 unspecified atom stereocenters. The SMILES string of the molecule is CC1C2OC3OC(=O)C(O[C@@H]31)[C@H]2C. The number of carbonyl (C=O) groups excluding carboxylic acids is 1. The summed E-state index contributed by atoms with van der Waals surface area (Å²) in [5, 5.41) is 0. The lowest BCUT2D eigenvalue weighted by Gasteiger charge is -2.38. The molecule has 6 atom stereocenters. The highest BCUT2D eigenvalue weighted by Gasteiger charge is 2.59. The van der Waals surface area contributed by atoms with Crippen LogP contribution in [0.5, 0.6) is 0 Å². The van der Waals surface area contributed by atoms with Crippen molar-refractivity contribution in [3.8, 4) is 0 Å². The first kappa shape index (κ1) is 7.76. The second-order valence-corrected chi connectivity index (χ2v) is 4.15. The minimum atomic E-state index is -0.450. The Balaban J connectivity index is 2.02. The summed E-state index contributed by atoms with van der Waals surface area (Å²) in [5.74, 6) is 0.193. The molecule has 4 nitrogen and oxygen atoms in total. The molecule has 3 fully saturated rings. The summed E-state index contributed by atoms with van der Waals surface area (Å²) < 4.78 is 16.3. The number of rotatable bonds is 0. The first-order valence-corrected chi connectivity index (χ1v) is 4.70. The summed E-state index contributed by atoms with van der Waals surface area (Å²) in [6.45, 7) is 4.07. The lowest BCUT2D eigenvalue weighted by Crippen LogP contribution is -2.53. The minimum absolute atomic E-state index is 0.0381. The van der Waals surface area contributed by atoms with Gasteiger partial charge < -0.3 is 14.2 Å². The topological polar surface area (TPSA) is 44.8 Å². The van der Waals surface area contributed by atoms with Crippen molar-refractivity contribution in [2.75, 3.05) is 0 Å². The highest BCUT2D eigenvalue weighted by molar-refractivity contribution is 5.76. The predicted molar refractivity (Wildman–Crippen MR) is 41.7 cm³/mol. The van der Waals surface area contributed by atoms with E-state index < -0.39 is 12.4 Å². The molecular weight excluding hydrogens is 172 g/mol. The number of hydrogen-bond acceptors (Lipinski definition) is 4. The van der Waals surface area contributed by atoms with Crippen LogP contribution >= 0.6 is 0 Å². The van der Waals surface area contributed by atoms with Crippen molar-refractivity contribution < 1.29 is 19.0 Å². The summed E-state index contributed by atoms with van der Waals surface area (Å²) in [6, 6.07) is 0. The van der Waals surface area contributed by atoms with Crippen LogP contribution in [0.1, 0.15) is 13.8 Å². The number of hydrogen-bond donors (Lipinski definition) is 0.